The second kappa shape index (κ2) is 9.43. The summed E-state index contributed by atoms with van der Waals surface area (Å²) in [5.74, 6) is 0.181. The first-order valence-electron chi connectivity index (χ1n) is 10.1. The maximum absolute atomic E-state index is 13.6. The second-order valence-corrected chi connectivity index (χ2v) is 8.86. The van der Waals surface area contributed by atoms with Crippen LogP contribution in [0, 0.1) is 6.92 Å². The molecule has 0 N–H and O–H groups in total. The number of carbonyl (C=O) groups excluding carboxylic acids is 1. The summed E-state index contributed by atoms with van der Waals surface area (Å²) in [6.07, 6.45) is 1.46. The number of benzene rings is 3. The maximum atomic E-state index is 13.6. The van der Waals surface area contributed by atoms with Gasteiger partial charge in [0.25, 0.3) is 0 Å². The van der Waals surface area contributed by atoms with Crippen LogP contribution in [-0.2, 0) is 6.42 Å². The van der Waals surface area contributed by atoms with Crippen LogP contribution in [0.2, 0.25) is 0 Å². The molecule has 0 fully saturated rings. The van der Waals surface area contributed by atoms with Gasteiger partial charge in [-0.3, -0.25) is 9.69 Å². The molecular formula is C26H29NOS. The number of ketones is 1. The number of likely N-dealkylation sites (N-methyl/N-ethyl adjacent to an activating group) is 1. The van der Waals surface area contributed by atoms with Crippen molar-refractivity contribution in [2.45, 2.75) is 42.0 Å². The molecule has 0 saturated heterocycles. The summed E-state index contributed by atoms with van der Waals surface area (Å²) in [6, 6.07) is 26.8. The van der Waals surface area contributed by atoms with Crippen LogP contribution in [0.1, 0.15) is 34.8 Å². The van der Waals surface area contributed by atoms with Gasteiger partial charge in [-0.2, -0.15) is 0 Å². The predicted molar refractivity (Wildman–Crippen MR) is 123 cm³/mol. The van der Waals surface area contributed by atoms with Crippen LogP contribution < -0.4 is 0 Å². The van der Waals surface area contributed by atoms with Crippen LogP contribution in [0.4, 0.5) is 0 Å². The van der Waals surface area contributed by atoms with E-state index >= 15 is 0 Å². The quantitative estimate of drug-likeness (QED) is 0.413. The summed E-state index contributed by atoms with van der Waals surface area (Å²) in [5, 5.41) is 0. The third-order valence-electron chi connectivity index (χ3n) is 5.58. The van der Waals surface area contributed by atoms with Crippen molar-refractivity contribution in [2.24, 2.45) is 0 Å². The van der Waals surface area contributed by atoms with Crippen LogP contribution in [0.15, 0.2) is 88.7 Å². The number of rotatable bonds is 8. The number of hydrogen-bond donors (Lipinski definition) is 0. The Balaban J connectivity index is 1.83. The average Bonchev–Trinajstić information content (AvgIpc) is 2.74. The van der Waals surface area contributed by atoms with Crippen LogP contribution in [0.25, 0.3) is 0 Å². The molecule has 1 atom stereocenters. The van der Waals surface area contributed by atoms with Crippen molar-refractivity contribution in [1.82, 2.24) is 4.90 Å². The monoisotopic (exact) mass is 403 g/mol. The molecular weight excluding hydrogens is 374 g/mol. The molecule has 0 aliphatic carbocycles. The summed E-state index contributed by atoms with van der Waals surface area (Å²) in [7, 11) is 4.01. The first kappa shape index (κ1) is 21.4. The molecule has 2 nitrogen and oxygen atoms in total. The van der Waals surface area contributed by atoms with E-state index in [2.05, 4.69) is 67.3 Å². The third-order valence-corrected chi connectivity index (χ3v) is 6.59. The van der Waals surface area contributed by atoms with Gasteiger partial charge < -0.3 is 0 Å². The van der Waals surface area contributed by atoms with E-state index < -0.39 is 5.54 Å². The van der Waals surface area contributed by atoms with Gasteiger partial charge in [0.05, 0.1) is 5.54 Å². The van der Waals surface area contributed by atoms with Crippen molar-refractivity contribution in [3.63, 3.8) is 0 Å². The standard InChI is InChI=1S/C26H29NOS/c1-5-26(27(3)4,19-21-9-7-6-8-10-21)25(28)22-13-17-24(18-14-22)29-23-15-11-20(2)12-16-23/h6-18H,5,19H2,1-4H3. The van der Waals surface area contributed by atoms with Crippen LogP contribution >= 0.6 is 11.8 Å². The van der Waals surface area contributed by atoms with Gasteiger partial charge in [0.1, 0.15) is 0 Å². The minimum Gasteiger partial charge on any atom is -0.297 e. The summed E-state index contributed by atoms with van der Waals surface area (Å²) in [4.78, 5) is 18.0. The minimum atomic E-state index is -0.549. The van der Waals surface area contributed by atoms with Crippen molar-refractivity contribution in [1.29, 1.82) is 0 Å². The minimum absolute atomic E-state index is 0.181. The zero-order valence-electron chi connectivity index (χ0n) is 17.7. The molecule has 3 heteroatoms. The number of aryl methyl sites for hydroxylation is 1. The first-order valence-corrected chi connectivity index (χ1v) is 10.9. The topological polar surface area (TPSA) is 20.3 Å². The molecule has 1 unspecified atom stereocenters. The van der Waals surface area contributed by atoms with E-state index in [9.17, 15) is 4.79 Å². The van der Waals surface area contributed by atoms with Crippen molar-refractivity contribution in [3.05, 3.63) is 95.6 Å². The van der Waals surface area contributed by atoms with E-state index in [4.69, 9.17) is 0 Å². The lowest BCUT2D eigenvalue weighted by molar-refractivity contribution is 0.0666. The van der Waals surface area contributed by atoms with Crippen molar-refractivity contribution < 1.29 is 4.79 Å². The van der Waals surface area contributed by atoms with Crippen molar-refractivity contribution >= 4 is 17.5 Å². The SMILES string of the molecule is CCC(Cc1ccccc1)(C(=O)c1ccc(Sc2ccc(C)cc2)cc1)N(C)C. The van der Waals surface area contributed by atoms with Gasteiger partial charge in [-0.05, 0) is 63.7 Å². The number of nitrogens with zero attached hydrogens (tertiary/aromatic N) is 1. The normalized spacial score (nSPS) is 13.3. The van der Waals surface area contributed by atoms with E-state index in [1.807, 2.05) is 44.4 Å². The Morgan fingerprint density at radius 3 is 1.93 bits per heavy atom. The molecule has 0 radical (unpaired) electrons. The van der Waals surface area contributed by atoms with Crippen LogP contribution in [-0.4, -0.2) is 30.3 Å². The van der Waals surface area contributed by atoms with Crippen LogP contribution in [0.3, 0.4) is 0 Å². The highest BCUT2D eigenvalue weighted by molar-refractivity contribution is 7.99. The Kier molecular flexibility index (Phi) is 6.94. The fourth-order valence-electron chi connectivity index (χ4n) is 3.66. The molecule has 0 spiro atoms. The molecule has 3 aromatic rings. The van der Waals surface area contributed by atoms with Gasteiger partial charge >= 0.3 is 0 Å². The third kappa shape index (κ3) is 4.98. The highest BCUT2D eigenvalue weighted by Crippen LogP contribution is 2.31. The molecule has 150 valence electrons. The largest absolute Gasteiger partial charge is 0.297 e. The summed E-state index contributed by atoms with van der Waals surface area (Å²) in [6.45, 7) is 4.19. The number of Topliss-reactive ketones (excluding diaryl/α,β-unsaturated/α-hetero) is 1. The molecule has 0 amide bonds. The highest BCUT2D eigenvalue weighted by atomic mass is 32.2. The molecule has 0 aliphatic rings. The molecule has 0 aromatic heterocycles. The molecule has 29 heavy (non-hydrogen) atoms. The molecule has 0 aliphatic heterocycles. The van der Waals surface area contributed by atoms with Gasteiger partial charge in [0, 0.05) is 15.4 Å². The molecule has 0 heterocycles. The summed E-state index contributed by atoms with van der Waals surface area (Å²) >= 11 is 1.72. The molecule has 3 rings (SSSR count). The fourth-order valence-corrected chi connectivity index (χ4v) is 4.48. The van der Waals surface area contributed by atoms with E-state index in [-0.39, 0.29) is 5.78 Å². The summed E-state index contributed by atoms with van der Waals surface area (Å²) < 4.78 is 0. The van der Waals surface area contributed by atoms with E-state index in [0.29, 0.717) is 6.42 Å². The smallest absolute Gasteiger partial charge is 0.183 e. The van der Waals surface area contributed by atoms with Gasteiger partial charge in [-0.1, -0.05) is 78.8 Å². The van der Waals surface area contributed by atoms with E-state index in [0.717, 1.165) is 16.9 Å². The number of hydrogen-bond acceptors (Lipinski definition) is 3. The Morgan fingerprint density at radius 2 is 1.41 bits per heavy atom. The van der Waals surface area contributed by atoms with E-state index in [1.54, 1.807) is 11.8 Å². The van der Waals surface area contributed by atoms with Gasteiger partial charge in [0.15, 0.2) is 5.78 Å². The van der Waals surface area contributed by atoms with Crippen molar-refractivity contribution in [2.75, 3.05) is 14.1 Å². The average molecular weight is 404 g/mol. The lowest BCUT2D eigenvalue weighted by Crippen LogP contribution is -2.52. The zero-order valence-corrected chi connectivity index (χ0v) is 18.5. The van der Waals surface area contributed by atoms with Gasteiger partial charge in [-0.15, -0.1) is 0 Å². The maximum Gasteiger partial charge on any atom is 0.183 e. The number of carbonyl (C=O) groups is 1. The van der Waals surface area contributed by atoms with E-state index in [1.165, 1.54) is 16.0 Å². The van der Waals surface area contributed by atoms with Crippen LogP contribution in [0.5, 0.6) is 0 Å². The molecule has 3 aromatic carbocycles. The Hall–Kier alpha value is -2.36. The summed E-state index contributed by atoms with van der Waals surface area (Å²) in [5.41, 5.74) is 2.66. The lowest BCUT2D eigenvalue weighted by Gasteiger charge is -2.38. The predicted octanol–water partition coefficient (Wildman–Crippen LogP) is 6.28. The highest BCUT2D eigenvalue weighted by Gasteiger charge is 2.39. The lowest BCUT2D eigenvalue weighted by atomic mass is 9.80. The van der Waals surface area contributed by atoms with Gasteiger partial charge in [0.2, 0.25) is 0 Å². The Labute approximate surface area is 179 Å². The van der Waals surface area contributed by atoms with Crippen molar-refractivity contribution in [3.8, 4) is 0 Å². The molecule has 0 bridgehead atoms. The fraction of sp³-hybridized carbons (Fsp3) is 0.269. The Bertz CT molecular complexity index is 933. The molecule has 0 saturated carbocycles. The zero-order chi connectivity index (χ0) is 20.9. The first-order chi connectivity index (χ1) is 13.9. The second-order valence-electron chi connectivity index (χ2n) is 7.71. The van der Waals surface area contributed by atoms with Gasteiger partial charge in [-0.25, -0.2) is 0 Å². The Morgan fingerprint density at radius 1 is 0.862 bits per heavy atom.